The molecule has 0 radical (unpaired) electrons. The monoisotopic (exact) mass is 259 g/mol. The molecule has 2 aromatic carbocycles. The van der Waals surface area contributed by atoms with Gasteiger partial charge < -0.3 is 20.3 Å². The summed E-state index contributed by atoms with van der Waals surface area (Å²) in [4.78, 5) is 11.4. The van der Waals surface area contributed by atoms with E-state index in [1.807, 2.05) is 0 Å². The predicted octanol–water partition coefficient (Wildman–Crippen LogP) is 2.63. The molecule has 19 heavy (non-hydrogen) atoms. The van der Waals surface area contributed by atoms with E-state index in [0.717, 1.165) is 0 Å². The molecule has 5 nitrogen and oxygen atoms in total. The van der Waals surface area contributed by atoms with Gasteiger partial charge >= 0.3 is 5.97 Å². The van der Waals surface area contributed by atoms with Gasteiger partial charge in [0.05, 0.1) is 18.4 Å². The Balaban J connectivity index is 2.28. The average Bonchev–Trinajstić information content (AvgIpc) is 2.42. The maximum Gasteiger partial charge on any atom is 0.337 e. The number of ether oxygens (including phenoxy) is 1. The molecule has 2 aromatic rings. The molecule has 0 saturated carbocycles. The fraction of sp³-hybridized carbons (Fsp3) is 0.0714. The summed E-state index contributed by atoms with van der Waals surface area (Å²) in [5, 5.41) is 21.9. The van der Waals surface area contributed by atoms with Crippen LogP contribution in [-0.2, 0) is 4.74 Å². The van der Waals surface area contributed by atoms with Crippen LogP contribution in [-0.4, -0.2) is 23.3 Å². The minimum absolute atomic E-state index is 0.00118. The molecule has 0 atom stereocenters. The molecule has 0 unspecified atom stereocenters. The minimum Gasteiger partial charge on any atom is -0.508 e. The van der Waals surface area contributed by atoms with E-state index in [2.05, 4.69) is 10.1 Å². The number of carbonyl (C=O) groups is 1. The molecule has 0 aliphatic carbocycles. The smallest absolute Gasteiger partial charge is 0.337 e. The average molecular weight is 259 g/mol. The van der Waals surface area contributed by atoms with Crippen LogP contribution in [0.15, 0.2) is 42.5 Å². The Morgan fingerprint density at radius 1 is 1.16 bits per heavy atom. The van der Waals surface area contributed by atoms with Crippen LogP contribution in [0.1, 0.15) is 10.4 Å². The van der Waals surface area contributed by atoms with Gasteiger partial charge in [0.2, 0.25) is 0 Å². The summed E-state index contributed by atoms with van der Waals surface area (Å²) >= 11 is 0. The predicted molar refractivity (Wildman–Crippen MR) is 70.8 cm³/mol. The van der Waals surface area contributed by atoms with E-state index in [4.69, 9.17) is 0 Å². The normalized spacial score (nSPS) is 9.95. The first-order chi connectivity index (χ1) is 9.10. The van der Waals surface area contributed by atoms with Crippen molar-refractivity contribution in [1.82, 2.24) is 0 Å². The van der Waals surface area contributed by atoms with Crippen molar-refractivity contribution in [3.63, 3.8) is 0 Å². The molecule has 3 N–H and O–H groups in total. The lowest BCUT2D eigenvalue weighted by molar-refractivity contribution is 0.0601. The maximum absolute atomic E-state index is 11.4. The topological polar surface area (TPSA) is 78.8 Å². The third-order valence-corrected chi connectivity index (χ3v) is 2.54. The Kier molecular flexibility index (Phi) is 3.56. The van der Waals surface area contributed by atoms with E-state index in [-0.39, 0.29) is 11.5 Å². The summed E-state index contributed by atoms with van der Waals surface area (Å²) < 4.78 is 4.63. The van der Waals surface area contributed by atoms with Gasteiger partial charge in [0.25, 0.3) is 0 Å². The van der Waals surface area contributed by atoms with Gasteiger partial charge in [-0.3, -0.25) is 0 Å². The lowest BCUT2D eigenvalue weighted by Gasteiger charge is -2.09. The zero-order valence-electron chi connectivity index (χ0n) is 10.3. The Labute approximate surface area is 110 Å². The molecular weight excluding hydrogens is 246 g/mol. The molecule has 0 amide bonds. The SMILES string of the molecule is COC(=O)c1cccc(Nc2cc(O)ccc2O)c1. The number of carbonyl (C=O) groups excluding carboxylic acids is 1. The second kappa shape index (κ2) is 5.30. The number of hydrogen-bond acceptors (Lipinski definition) is 5. The summed E-state index contributed by atoms with van der Waals surface area (Å²) in [7, 11) is 1.31. The quantitative estimate of drug-likeness (QED) is 0.448. The van der Waals surface area contributed by atoms with Crippen molar-refractivity contribution in [1.29, 1.82) is 0 Å². The second-order valence-corrected chi connectivity index (χ2v) is 3.90. The highest BCUT2D eigenvalue weighted by Gasteiger charge is 2.07. The van der Waals surface area contributed by atoms with E-state index in [9.17, 15) is 15.0 Å². The maximum atomic E-state index is 11.4. The van der Waals surface area contributed by atoms with Gasteiger partial charge in [0.15, 0.2) is 0 Å². The second-order valence-electron chi connectivity index (χ2n) is 3.90. The summed E-state index contributed by atoms with van der Waals surface area (Å²) in [5.41, 5.74) is 1.35. The summed E-state index contributed by atoms with van der Waals surface area (Å²) in [6.45, 7) is 0. The Morgan fingerprint density at radius 3 is 2.68 bits per heavy atom. The summed E-state index contributed by atoms with van der Waals surface area (Å²) in [5.74, 6) is -0.408. The van der Waals surface area contributed by atoms with Crippen molar-refractivity contribution < 1.29 is 19.7 Å². The lowest BCUT2D eigenvalue weighted by Crippen LogP contribution is -2.01. The van der Waals surface area contributed by atoms with Crippen LogP contribution in [0.4, 0.5) is 11.4 Å². The number of esters is 1. The number of hydrogen-bond donors (Lipinski definition) is 3. The van der Waals surface area contributed by atoms with E-state index in [1.54, 1.807) is 24.3 Å². The molecule has 5 heteroatoms. The van der Waals surface area contributed by atoms with Crippen molar-refractivity contribution in [3.8, 4) is 11.5 Å². The third kappa shape index (κ3) is 2.95. The molecule has 98 valence electrons. The highest BCUT2D eigenvalue weighted by Crippen LogP contribution is 2.30. The van der Waals surface area contributed by atoms with Crippen LogP contribution >= 0.6 is 0 Å². The number of aromatic hydroxyl groups is 2. The first-order valence-electron chi connectivity index (χ1n) is 5.57. The number of phenols is 2. The standard InChI is InChI=1S/C14H13NO4/c1-19-14(18)9-3-2-4-10(7-9)15-12-8-11(16)5-6-13(12)17/h2-8,15-17H,1H3. The van der Waals surface area contributed by atoms with Crippen molar-refractivity contribution in [2.75, 3.05) is 12.4 Å². The molecule has 0 bridgehead atoms. The van der Waals surface area contributed by atoms with Gasteiger partial charge in [-0.2, -0.15) is 0 Å². The largest absolute Gasteiger partial charge is 0.508 e. The van der Waals surface area contributed by atoms with Crippen LogP contribution < -0.4 is 5.32 Å². The van der Waals surface area contributed by atoms with Crippen molar-refractivity contribution in [2.45, 2.75) is 0 Å². The fourth-order valence-corrected chi connectivity index (χ4v) is 1.62. The van der Waals surface area contributed by atoms with Crippen molar-refractivity contribution in [2.24, 2.45) is 0 Å². The molecule has 0 spiro atoms. The molecule has 0 heterocycles. The highest BCUT2D eigenvalue weighted by molar-refractivity contribution is 5.90. The van der Waals surface area contributed by atoms with Gasteiger partial charge in [0.1, 0.15) is 11.5 Å². The van der Waals surface area contributed by atoms with Gasteiger partial charge in [-0.15, -0.1) is 0 Å². The molecule has 0 fully saturated rings. The lowest BCUT2D eigenvalue weighted by atomic mass is 10.2. The fourth-order valence-electron chi connectivity index (χ4n) is 1.62. The van der Waals surface area contributed by atoms with Gasteiger partial charge in [0, 0.05) is 11.8 Å². The van der Waals surface area contributed by atoms with Crippen LogP contribution in [0.2, 0.25) is 0 Å². The number of rotatable bonds is 3. The van der Waals surface area contributed by atoms with E-state index in [1.165, 1.54) is 25.3 Å². The molecule has 0 saturated heterocycles. The number of phenolic OH excluding ortho intramolecular Hbond substituents is 2. The van der Waals surface area contributed by atoms with Gasteiger partial charge in [-0.1, -0.05) is 6.07 Å². The Bertz CT molecular complexity index is 610. The Morgan fingerprint density at radius 2 is 1.95 bits per heavy atom. The number of benzene rings is 2. The van der Waals surface area contributed by atoms with Crippen LogP contribution in [0, 0.1) is 0 Å². The zero-order chi connectivity index (χ0) is 13.8. The molecular formula is C14H13NO4. The number of methoxy groups -OCH3 is 1. The molecule has 2 rings (SSSR count). The van der Waals surface area contributed by atoms with Crippen LogP contribution in [0.25, 0.3) is 0 Å². The summed E-state index contributed by atoms with van der Waals surface area (Å²) in [6, 6.07) is 10.8. The highest BCUT2D eigenvalue weighted by atomic mass is 16.5. The first-order valence-corrected chi connectivity index (χ1v) is 5.57. The molecule has 0 aromatic heterocycles. The van der Waals surface area contributed by atoms with E-state index in [0.29, 0.717) is 16.9 Å². The van der Waals surface area contributed by atoms with Gasteiger partial charge in [-0.05, 0) is 30.3 Å². The van der Waals surface area contributed by atoms with Crippen molar-refractivity contribution in [3.05, 3.63) is 48.0 Å². The molecule has 0 aliphatic rings. The number of nitrogens with one attached hydrogen (secondary N) is 1. The van der Waals surface area contributed by atoms with Crippen LogP contribution in [0.5, 0.6) is 11.5 Å². The van der Waals surface area contributed by atoms with E-state index >= 15 is 0 Å². The minimum atomic E-state index is -0.441. The first kappa shape index (κ1) is 12.8. The third-order valence-electron chi connectivity index (χ3n) is 2.54. The van der Waals surface area contributed by atoms with E-state index < -0.39 is 5.97 Å². The molecule has 0 aliphatic heterocycles. The number of anilines is 2. The zero-order valence-corrected chi connectivity index (χ0v) is 10.3. The van der Waals surface area contributed by atoms with Crippen molar-refractivity contribution >= 4 is 17.3 Å². The van der Waals surface area contributed by atoms with Crippen LogP contribution in [0.3, 0.4) is 0 Å². The summed E-state index contributed by atoms with van der Waals surface area (Å²) in [6.07, 6.45) is 0. The Hall–Kier alpha value is -2.69. The van der Waals surface area contributed by atoms with Gasteiger partial charge in [-0.25, -0.2) is 4.79 Å².